The van der Waals surface area contributed by atoms with Gasteiger partial charge in [-0.15, -0.1) is 0 Å². The van der Waals surface area contributed by atoms with Crippen molar-refractivity contribution >= 4 is 29.5 Å². The summed E-state index contributed by atoms with van der Waals surface area (Å²) in [7, 11) is 1.46. The Labute approximate surface area is 162 Å². The first-order valence-corrected chi connectivity index (χ1v) is 10.3. The van der Waals surface area contributed by atoms with Crippen LogP contribution in [0.1, 0.15) is 24.9 Å². The van der Waals surface area contributed by atoms with Crippen molar-refractivity contribution < 1.29 is 24.2 Å². The molecule has 4 atom stereocenters. The number of amides is 2. The number of esters is 1. The number of fused-ring (bicyclic) bond motifs is 1. The maximum Gasteiger partial charge on any atom is 0.327 e. The van der Waals surface area contributed by atoms with E-state index in [1.54, 1.807) is 30.8 Å². The molecule has 2 aliphatic heterocycles. The summed E-state index contributed by atoms with van der Waals surface area (Å²) < 4.78 is 5.32. The molecule has 3 rings (SSSR count). The van der Waals surface area contributed by atoms with Crippen molar-refractivity contribution in [1.82, 2.24) is 10.2 Å². The normalized spacial score (nSPS) is 29.9. The van der Waals surface area contributed by atoms with E-state index < -0.39 is 29.4 Å². The van der Waals surface area contributed by atoms with Crippen molar-refractivity contribution in [2.24, 2.45) is 11.8 Å². The molecule has 8 heteroatoms. The fraction of sp³-hybridized carbons (Fsp3) is 0.526. The lowest BCUT2D eigenvalue weighted by atomic mass is 9.78. The van der Waals surface area contributed by atoms with Gasteiger partial charge in [-0.25, -0.2) is 0 Å². The van der Waals surface area contributed by atoms with E-state index in [0.29, 0.717) is 12.2 Å². The van der Waals surface area contributed by atoms with Gasteiger partial charge in [-0.3, -0.25) is 24.6 Å². The molecule has 0 spiro atoms. The van der Waals surface area contributed by atoms with E-state index in [0.717, 1.165) is 10.5 Å². The number of rotatable bonds is 6. The topological polar surface area (TPSA) is 95.9 Å². The van der Waals surface area contributed by atoms with Crippen LogP contribution < -0.4 is 5.32 Å². The lowest BCUT2D eigenvalue weighted by molar-refractivity contribution is -0.156. The summed E-state index contributed by atoms with van der Waals surface area (Å²) in [6.07, 6.45) is 2.31. The molecule has 2 heterocycles. The highest BCUT2D eigenvalue weighted by molar-refractivity contribution is 7.98. The average molecular weight is 392 g/mol. The van der Waals surface area contributed by atoms with Gasteiger partial charge in [0.1, 0.15) is 11.3 Å². The molecule has 1 aromatic rings. The van der Waals surface area contributed by atoms with Crippen LogP contribution in [0.2, 0.25) is 0 Å². The van der Waals surface area contributed by atoms with Crippen LogP contribution in [0, 0.1) is 11.8 Å². The molecule has 27 heavy (non-hydrogen) atoms. The third-order valence-corrected chi connectivity index (χ3v) is 6.08. The molecule has 0 bridgehead atoms. The summed E-state index contributed by atoms with van der Waals surface area (Å²) in [5.41, 5.74) is -0.501. The first-order chi connectivity index (χ1) is 12.9. The molecule has 2 amide bonds. The number of nitrogens with zero attached hydrogens (tertiary/aromatic N) is 1. The molecule has 146 valence electrons. The van der Waals surface area contributed by atoms with Crippen LogP contribution in [0.3, 0.4) is 0 Å². The van der Waals surface area contributed by atoms with Crippen LogP contribution >= 0.6 is 11.8 Å². The fourth-order valence-electron chi connectivity index (χ4n) is 4.16. The molecule has 1 aromatic carbocycles. The van der Waals surface area contributed by atoms with E-state index in [1.807, 2.05) is 6.26 Å². The minimum atomic E-state index is -1.25. The third kappa shape index (κ3) is 3.10. The average Bonchev–Trinajstić information content (AvgIpc) is 3.11. The summed E-state index contributed by atoms with van der Waals surface area (Å²) in [6.45, 7) is 1.92. The number of likely N-dealkylation sites (tertiary alicyclic amines) is 1. The third-order valence-electron chi connectivity index (χ3n) is 5.47. The predicted octanol–water partition coefficient (Wildman–Crippen LogP) is 1.32. The molecule has 0 aliphatic carbocycles. The maximum absolute atomic E-state index is 13.0. The van der Waals surface area contributed by atoms with Gasteiger partial charge < -0.3 is 9.84 Å². The van der Waals surface area contributed by atoms with Gasteiger partial charge in [-0.05, 0) is 43.0 Å². The van der Waals surface area contributed by atoms with Crippen LogP contribution in [0.15, 0.2) is 24.3 Å². The Morgan fingerprint density at radius 2 is 1.96 bits per heavy atom. The van der Waals surface area contributed by atoms with Gasteiger partial charge in [0, 0.05) is 13.1 Å². The quantitative estimate of drug-likeness (QED) is 0.557. The van der Waals surface area contributed by atoms with Crippen LogP contribution in [0.4, 0.5) is 0 Å². The highest BCUT2D eigenvalue weighted by atomic mass is 32.2. The van der Waals surface area contributed by atoms with Gasteiger partial charge in [-0.2, -0.15) is 11.8 Å². The maximum atomic E-state index is 13.0. The van der Waals surface area contributed by atoms with Crippen LogP contribution in [0.25, 0.3) is 0 Å². The molecule has 0 aromatic heterocycles. The number of ether oxygens (including phenoxy) is 1. The zero-order chi connectivity index (χ0) is 19.8. The SMILES string of the molecule is CCOC(=O)C1(CCSC)NC(c2ccc(O)cc2)C2C(=O)N(C)C(=O)C21. The van der Waals surface area contributed by atoms with Gasteiger partial charge in [0.2, 0.25) is 11.8 Å². The van der Waals surface area contributed by atoms with E-state index in [1.165, 1.54) is 19.2 Å². The Bertz CT molecular complexity index is 753. The number of carbonyl (C=O) groups excluding carboxylic acids is 3. The van der Waals surface area contributed by atoms with Crippen molar-refractivity contribution in [2.45, 2.75) is 24.9 Å². The zero-order valence-electron chi connectivity index (χ0n) is 15.6. The molecule has 2 saturated heterocycles. The first kappa shape index (κ1) is 19.7. The number of hydrogen-bond donors (Lipinski definition) is 2. The Hall–Kier alpha value is -2.06. The summed E-state index contributed by atoms with van der Waals surface area (Å²) >= 11 is 1.57. The van der Waals surface area contributed by atoms with Crippen molar-refractivity contribution in [3.05, 3.63) is 29.8 Å². The Morgan fingerprint density at radius 3 is 2.56 bits per heavy atom. The van der Waals surface area contributed by atoms with Crippen LogP contribution in [0.5, 0.6) is 5.75 Å². The van der Waals surface area contributed by atoms with Gasteiger partial charge in [-0.1, -0.05) is 12.1 Å². The lowest BCUT2D eigenvalue weighted by Crippen LogP contribution is -2.56. The molecular formula is C19H24N2O5S. The van der Waals surface area contributed by atoms with E-state index in [4.69, 9.17) is 4.74 Å². The van der Waals surface area contributed by atoms with E-state index >= 15 is 0 Å². The van der Waals surface area contributed by atoms with Gasteiger partial charge in [0.15, 0.2) is 0 Å². The Morgan fingerprint density at radius 1 is 1.30 bits per heavy atom. The van der Waals surface area contributed by atoms with Crippen molar-refractivity contribution in [1.29, 1.82) is 0 Å². The van der Waals surface area contributed by atoms with Crippen molar-refractivity contribution in [3.8, 4) is 5.75 Å². The first-order valence-electron chi connectivity index (χ1n) is 8.91. The zero-order valence-corrected chi connectivity index (χ0v) is 16.4. The minimum absolute atomic E-state index is 0.110. The monoisotopic (exact) mass is 392 g/mol. The molecule has 2 aliphatic rings. The molecule has 2 N–H and O–H groups in total. The standard InChI is InChI=1S/C19H24N2O5S/c1-4-26-18(25)19(9-10-27-3)14-13(16(23)21(2)17(14)24)15(20-19)11-5-7-12(22)8-6-11/h5-8,13-15,20,22H,4,9-10H2,1-3H3. The second-order valence-electron chi connectivity index (χ2n) is 6.89. The number of aromatic hydroxyl groups is 1. The number of benzene rings is 1. The smallest absolute Gasteiger partial charge is 0.327 e. The second-order valence-corrected chi connectivity index (χ2v) is 7.87. The minimum Gasteiger partial charge on any atom is -0.508 e. The van der Waals surface area contributed by atoms with Crippen LogP contribution in [-0.2, 0) is 19.1 Å². The summed E-state index contributed by atoms with van der Waals surface area (Å²) in [5, 5.41) is 12.9. The molecule has 7 nitrogen and oxygen atoms in total. The Balaban J connectivity index is 2.10. The van der Waals surface area contributed by atoms with Gasteiger partial charge in [0.05, 0.1) is 18.4 Å². The van der Waals surface area contributed by atoms with Crippen molar-refractivity contribution in [2.75, 3.05) is 25.7 Å². The molecular weight excluding hydrogens is 368 g/mol. The number of thioether (sulfide) groups is 1. The molecule has 2 fully saturated rings. The fourth-order valence-corrected chi connectivity index (χ4v) is 4.68. The largest absolute Gasteiger partial charge is 0.508 e. The number of nitrogens with one attached hydrogen (secondary N) is 1. The summed E-state index contributed by atoms with van der Waals surface area (Å²) in [4.78, 5) is 39.9. The second kappa shape index (κ2) is 7.52. The molecule has 0 radical (unpaired) electrons. The number of phenols is 1. The summed E-state index contributed by atoms with van der Waals surface area (Å²) in [5.74, 6) is -1.88. The van der Waals surface area contributed by atoms with E-state index in [9.17, 15) is 19.5 Å². The van der Waals surface area contributed by atoms with E-state index in [2.05, 4.69) is 5.32 Å². The number of carbonyl (C=O) groups is 3. The predicted molar refractivity (Wildman–Crippen MR) is 101 cm³/mol. The van der Waals surface area contributed by atoms with Gasteiger partial charge in [0.25, 0.3) is 0 Å². The van der Waals surface area contributed by atoms with Crippen LogP contribution in [-0.4, -0.2) is 59.0 Å². The highest BCUT2D eigenvalue weighted by Gasteiger charge is 2.67. The summed E-state index contributed by atoms with van der Waals surface area (Å²) in [6, 6.07) is 5.96. The molecule has 4 unspecified atom stereocenters. The van der Waals surface area contributed by atoms with Gasteiger partial charge >= 0.3 is 5.97 Å². The highest BCUT2D eigenvalue weighted by Crippen LogP contribution is 2.50. The molecule has 0 saturated carbocycles. The van der Waals surface area contributed by atoms with E-state index in [-0.39, 0.29) is 24.2 Å². The number of imide groups is 1. The number of phenolic OH excluding ortho intramolecular Hbond substituents is 1. The number of hydrogen-bond acceptors (Lipinski definition) is 7. The lowest BCUT2D eigenvalue weighted by Gasteiger charge is -2.32. The van der Waals surface area contributed by atoms with Crippen molar-refractivity contribution in [3.63, 3.8) is 0 Å². The Kier molecular flexibility index (Phi) is 5.48.